The lowest BCUT2D eigenvalue weighted by atomic mass is 10.1. The lowest BCUT2D eigenvalue weighted by Gasteiger charge is -2.35. The number of halogens is 1. The van der Waals surface area contributed by atoms with Crippen LogP contribution in [0.2, 0.25) is 0 Å². The summed E-state index contributed by atoms with van der Waals surface area (Å²) >= 11 is 0. The summed E-state index contributed by atoms with van der Waals surface area (Å²) in [4.78, 5) is 35.2. The molecule has 1 fully saturated rings. The zero-order valence-electron chi connectivity index (χ0n) is 13.9. The molecule has 0 aliphatic carbocycles. The van der Waals surface area contributed by atoms with E-state index in [0.29, 0.717) is 48.7 Å². The van der Waals surface area contributed by atoms with Gasteiger partial charge in [0.2, 0.25) is 11.9 Å². The van der Waals surface area contributed by atoms with E-state index in [9.17, 15) is 14.0 Å². The molecule has 9 heteroatoms. The van der Waals surface area contributed by atoms with Crippen molar-refractivity contribution < 1.29 is 9.18 Å². The van der Waals surface area contributed by atoms with Crippen molar-refractivity contribution in [3.05, 3.63) is 52.2 Å². The number of amides is 1. The van der Waals surface area contributed by atoms with E-state index in [2.05, 4.69) is 20.2 Å². The molecule has 1 aliphatic rings. The van der Waals surface area contributed by atoms with Gasteiger partial charge in [-0.15, -0.1) is 0 Å². The number of anilines is 1. The fourth-order valence-electron chi connectivity index (χ4n) is 3.07. The number of carbonyl (C=O) groups is 1. The average molecular weight is 356 g/mol. The predicted octanol–water partition coefficient (Wildman–Crippen LogP) is 0.677. The molecule has 2 N–H and O–H groups in total. The van der Waals surface area contributed by atoms with Crippen molar-refractivity contribution in [2.24, 2.45) is 0 Å². The fraction of sp³-hybridized carbons (Fsp3) is 0.294. The van der Waals surface area contributed by atoms with Crippen LogP contribution in [0.3, 0.4) is 0 Å². The quantitative estimate of drug-likeness (QED) is 0.719. The van der Waals surface area contributed by atoms with Crippen molar-refractivity contribution >= 4 is 22.9 Å². The Balaban J connectivity index is 1.42. The highest BCUT2D eigenvalue weighted by atomic mass is 19.1. The first-order chi connectivity index (χ1) is 12.6. The van der Waals surface area contributed by atoms with Gasteiger partial charge in [0.25, 0.3) is 5.56 Å². The Morgan fingerprint density at radius 2 is 1.96 bits per heavy atom. The number of rotatable bonds is 3. The van der Waals surface area contributed by atoms with Crippen LogP contribution in [0.4, 0.5) is 10.3 Å². The minimum absolute atomic E-state index is 0.0435. The number of hydrogen-bond acceptors (Lipinski definition) is 5. The van der Waals surface area contributed by atoms with E-state index in [1.165, 1.54) is 12.3 Å². The molecule has 0 bridgehead atoms. The maximum Gasteiger partial charge on any atom is 0.263 e. The molecule has 8 nitrogen and oxygen atoms in total. The molecule has 134 valence electrons. The summed E-state index contributed by atoms with van der Waals surface area (Å²) in [7, 11) is 0. The summed E-state index contributed by atoms with van der Waals surface area (Å²) in [5, 5.41) is 6.92. The van der Waals surface area contributed by atoms with Crippen LogP contribution in [0, 0.1) is 5.82 Å². The molecule has 1 amide bonds. The number of aromatic amines is 2. The molecule has 1 aliphatic heterocycles. The first-order valence-corrected chi connectivity index (χ1v) is 8.31. The molecule has 0 atom stereocenters. The van der Waals surface area contributed by atoms with Crippen molar-refractivity contribution in [3.8, 4) is 0 Å². The zero-order chi connectivity index (χ0) is 18.1. The summed E-state index contributed by atoms with van der Waals surface area (Å²) < 4.78 is 13.7. The minimum Gasteiger partial charge on any atom is -0.339 e. The predicted molar refractivity (Wildman–Crippen MR) is 93.4 cm³/mol. The molecule has 3 aromatic rings. The number of carbonyl (C=O) groups excluding carboxylic acids is 1. The number of aromatic nitrogens is 4. The van der Waals surface area contributed by atoms with Gasteiger partial charge in [-0.3, -0.25) is 19.7 Å². The Bertz CT molecular complexity index is 1010. The molecule has 1 aromatic carbocycles. The van der Waals surface area contributed by atoms with Gasteiger partial charge in [-0.25, -0.2) is 4.39 Å². The van der Waals surface area contributed by atoms with E-state index in [1.54, 1.807) is 23.1 Å². The van der Waals surface area contributed by atoms with Gasteiger partial charge in [-0.05, 0) is 11.6 Å². The van der Waals surface area contributed by atoms with Crippen molar-refractivity contribution in [2.45, 2.75) is 6.42 Å². The van der Waals surface area contributed by atoms with E-state index < -0.39 is 0 Å². The van der Waals surface area contributed by atoms with Gasteiger partial charge in [0.1, 0.15) is 11.2 Å². The maximum atomic E-state index is 13.7. The van der Waals surface area contributed by atoms with Crippen molar-refractivity contribution in [1.82, 2.24) is 25.1 Å². The highest BCUT2D eigenvalue weighted by Crippen LogP contribution is 2.14. The Kier molecular flexibility index (Phi) is 4.11. The van der Waals surface area contributed by atoms with Crippen LogP contribution in [0.5, 0.6) is 0 Å². The molecule has 1 saturated heterocycles. The molecule has 0 radical (unpaired) electrons. The number of piperazine rings is 1. The molecule has 0 unspecified atom stereocenters. The molecular weight excluding hydrogens is 339 g/mol. The first kappa shape index (κ1) is 16.2. The summed E-state index contributed by atoms with van der Waals surface area (Å²) in [5.74, 6) is -0.0257. The zero-order valence-corrected chi connectivity index (χ0v) is 13.9. The molecule has 26 heavy (non-hydrogen) atoms. The third kappa shape index (κ3) is 3.03. The van der Waals surface area contributed by atoms with Crippen LogP contribution in [0.1, 0.15) is 5.56 Å². The third-order valence-electron chi connectivity index (χ3n) is 4.54. The highest BCUT2D eigenvalue weighted by Gasteiger charge is 2.23. The van der Waals surface area contributed by atoms with Crippen LogP contribution < -0.4 is 10.5 Å². The van der Waals surface area contributed by atoms with E-state index in [-0.39, 0.29) is 23.7 Å². The Morgan fingerprint density at radius 1 is 1.19 bits per heavy atom. The van der Waals surface area contributed by atoms with Gasteiger partial charge < -0.3 is 9.80 Å². The van der Waals surface area contributed by atoms with Crippen molar-refractivity contribution in [2.75, 3.05) is 31.1 Å². The van der Waals surface area contributed by atoms with Gasteiger partial charge >= 0.3 is 0 Å². The molecule has 0 saturated carbocycles. The molecule has 0 spiro atoms. The van der Waals surface area contributed by atoms with Gasteiger partial charge in [-0.2, -0.15) is 10.1 Å². The standard InChI is InChI=1S/C17H17FN6O2/c18-13-4-2-1-3-11(13)9-14(25)23-5-7-24(8-6-23)17-20-15-12(10-19-22-15)16(26)21-17/h1-4,10H,5-9H2,(H2,19,20,21,22,26). The van der Waals surface area contributed by atoms with Crippen LogP contribution in [-0.2, 0) is 11.2 Å². The van der Waals surface area contributed by atoms with Gasteiger partial charge in [0, 0.05) is 26.2 Å². The van der Waals surface area contributed by atoms with Gasteiger partial charge in [0.05, 0.1) is 12.6 Å². The molecule has 3 heterocycles. The topological polar surface area (TPSA) is 98.0 Å². The number of H-pyrrole nitrogens is 2. The molecule has 4 rings (SSSR count). The van der Waals surface area contributed by atoms with E-state index >= 15 is 0 Å². The smallest absolute Gasteiger partial charge is 0.263 e. The van der Waals surface area contributed by atoms with Gasteiger partial charge in [-0.1, -0.05) is 18.2 Å². The number of fused-ring (bicyclic) bond motifs is 1. The normalized spacial score (nSPS) is 14.8. The number of nitrogens with zero attached hydrogens (tertiary/aromatic N) is 4. The molecule has 2 aromatic heterocycles. The lowest BCUT2D eigenvalue weighted by molar-refractivity contribution is -0.130. The maximum absolute atomic E-state index is 13.7. The fourth-order valence-corrected chi connectivity index (χ4v) is 3.07. The number of benzene rings is 1. The first-order valence-electron chi connectivity index (χ1n) is 8.31. The second-order valence-corrected chi connectivity index (χ2v) is 6.16. The Morgan fingerprint density at radius 3 is 2.73 bits per heavy atom. The van der Waals surface area contributed by atoms with Crippen molar-refractivity contribution in [3.63, 3.8) is 0 Å². The second kappa shape index (κ2) is 6.58. The third-order valence-corrected chi connectivity index (χ3v) is 4.54. The number of nitrogens with one attached hydrogen (secondary N) is 2. The van der Waals surface area contributed by atoms with Crippen LogP contribution in [0.15, 0.2) is 35.3 Å². The minimum atomic E-state index is -0.367. The SMILES string of the molecule is O=C(Cc1ccccc1F)N1CCN(c2nc3[nH]ncc3c(=O)[nH]2)CC1. The lowest BCUT2D eigenvalue weighted by Crippen LogP contribution is -2.50. The van der Waals surface area contributed by atoms with E-state index in [4.69, 9.17) is 0 Å². The average Bonchev–Trinajstić information content (AvgIpc) is 3.13. The van der Waals surface area contributed by atoms with Gasteiger partial charge in [0.15, 0.2) is 5.65 Å². The van der Waals surface area contributed by atoms with E-state index in [0.717, 1.165) is 0 Å². The van der Waals surface area contributed by atoms with Crippen LogP contribution in [0.25, 0.3) is 11.0 Å². The summed E-state index contributed by atoms with van der Waals surface area (Å²) in [6.45, 7) is 2.03. The largest absolute Gasteiger partial charge is 0.339 e. The summed E-state index contributed by atoms with van der Waals surface area (Å²) in [6, 6.07) is 6.30. The molecular formula is C17H17FN6O2. The van der Waals surface area contributed by atoms with E-state index in [1.807, 2.05) is 4.90 Å². The summed E-state index contributed by atoms with van der Waals surface area (Å²) in [5.41, 5.74) is 0.578. The summed E-state index contributed by atoms with van der Waals surface area (Å²) in [6.07, 6.45) is 1.48. The Hall–Kier alpha value is -3.23. The number of hydrogen-bond donors (Lipinski definition) is 2. The van der Waals surface area contributed by atoms with Crippen LogP contribution >= 0.6 is 0 Å². The monoisotopic (exact) mass is 356 g/mol. The Labute approximate surface area is 147 Å². The van der Waals surface area contributed by atoms with Crippen molar-refractivity contribution in [1.29, 1.82) is 0 Å². The van der Waals surface area contributed by atoms with Crippen LogP contribution in [-0.4, -0.2) is 57.2 Å². The highest BCUT2D eigenvalue weighted by molar-refractivity contribution is 5.79. The second-order valence-electron chi connectivity index (χ2n) is 6.16.